The van der Waals surface area contributed by atoms with Gasteiger partial charge >= 0.3 is 0 Å². The van der Waals surface area contributed by atoms with Crippen LogP contribution in [0, 0.1) is 23.0 Å². The molecule has 0 aliphatic carbocycles. The van der Waals surface area contributed by atoms with Crippen molar-refractivity contribution in [1.82, 2.24) is 20.2 Å². The number of halogens is 3. The van der Waals surface area contributed by atoms with Crippen LogP contribution in [-0.4, -0.2) is 25.6 Å². The van der Waals surface area contributed by atoms with Crippen LogP contribution in [-0.2, 0) is 35.9 Å². The third-order valence-corrected chi connectivity index (χ3v) is 6.93. The van der Waals surface area contributed by atoms with Crippen molar-refractivity contribution in [2.45, 2.75) is 26.4 Å². The summed E-state index contributed by atoms with van der Waals surface area (Å²) in [4.78, 5) is 8.05. The van der Waals surface area contributed by atoms with E-state index in [2.05, 4.69) is 42.5 Å². The third kappa shape index (κ3) is 6.50. The monoisotopic (exact) mass is 624 g/mol. The zero-order valence-corrected chi connectivity index (χ0v) is 23.7. The molecule has 44 heavy (non-hydrogen) atoms. The van der Waals surface area contributed by atoms with E-state index in [0.717, 1.165) is 39.7 Å². The molecule has 0 unspecified atom stereocenters. The molecule has 5 heterocycles. The van der Waals surface area contributed by atoms with Gasteiger partial charge in [0.2, 0.25) is 0 Å². The number of hydrazine groups is 1. The van der Waals surface area contributed by atoms with Crippen LogP contribution in [0.4, 0.5) is 37.6 Å². The van der Waals surface area contributed by atoms with Gasteiger partial charge in [-0.25, -0.2) is 18.7 Å². The lowest BCUT2D eigenvalue weighted by Gasteiger charge is -2.11. The van der Waals surface area contributed by atoms with Gasteiger partial charge in [0.25, 0.3) is 0 Å². The van der Waals surface area contributed by atoms with E-state index in [9.17, 15) is 8.78 Å². The van der Waals surface area contributed by atoms with Crippen LogP contribution < -0.4 is 28.1 Å². The number of H-pyrrole nitrogens is 1. The zero-order valence-electron chi connectivity index (χ0n) is 22.9. The summed E-state index contributed by atoms with van der Waals surface area (Å²) in [7, 11) is 0. The Labute approximate surface area is 254 Å². The Morgan fingerprint density at radius 1 is 0.864 bits per heavy atom. The standard InChI is InChI=1S/C14H9ClFN3O.C14H12FN5O.H4N2.H2O/c15-13-9(5-17)4-11(16)14(19-13)18-12-3-1-2-8-6-20-7-10(8)12;15-10-4-8-12(16)19-20-13(8)18-14(10)17-11-3-1-2-7-5-21-6-9(7)11;1-2;/h1-4H,6-7H2,(H,18,19);1-4H,5-6H2,(H4,16,17,18,19,20);1-2H2;1H2. The van der Waals surface area contributed by atoms with E-state index >= 15 is 0 Å². The fourth-order valence-corrected chi connectivity index (χ4v) is 4.73. The molecule has 2 aliphatic rings. The number of hydrogen-bond donors (Lipinski definition) is 6. The highest BCUT2D eigenvalue weighted by atomic mass is 35.5. The molecule has 0 atom stereocenters. The molecule has 3 aromatic heterocycles. The number of nitrogens with one attached hydrogen (secondary N) is 3. The molecule has 0 fully saturated rings. The first-order chi connectivity index (χ1) is 20.9. The van der Waals surface area contributed by atoms with Crippen LogP contribution in [0.3, 0.4) is 0 Å². The molecule has 0 amide bonds. The quantitative estimate of drug-likeness (QED) is 0.0951. The SMILES string of the molecule is N#Cc1cc(F)c(Nc2cccc3c2COC3)nc1Cl.NN.Nc1[nH]nc2nc(Nc3cccc4c3COC4)c(F)cc12.O. The maximum Gasteiger partial charge on any atom is 0.185 e. The van der Waals surface area contributed by atoms with Gasteiger partial charge in [-0.1, -0.05) is 35.9 Å². The first kappa shape index (κ1) is 32.0. The Morgan fingerprint density at radius 2 is 1.41 bits per heavy atom. The number of benzene rings is 2. The van der Waals surface area contributed by atoms with Gasteiger partial charge in [-0.05, 0) is 35.4 Å². The number of nitrogens with zero attached hydrogens (tertiary/aromatic N) is 4. The maximum atomic E-state index is 14.2. The molecule has 13 nitrogen and oxygen atoms in total. The summed E-state index contributed by atoms with van der Waals surface area (Å²) in [5, 5.41) is 21.7. The minimum atomic E-state index is -0.623. The first-order valence-corrected chi connectivity index (χ1v) is 13.1. The van der Waals surface area contributed by atoms with Gasteiger partial charge in [0.1, 0.15) is 17.0 Å². The van der Waals surface area contributed by atoms with Gasteiger partial charge in [0.05, 0.1) is 37.4 Å². The number of ether oxygens (including phenoxy) is 2. The van der Waals surface area contributed by atoms with Crippen molar-refractivity contribution in [2.75, 3.05) is 16.4 Å². The van der Waals surface area contributed by atoms with Crippen molar-refractivity contribution in [3.8, 4) is 6.07 Å². The average Bonchev–Trinajstić information content (AvgIpc) is 3.78. The number of hydrogen-bond acceptors (Lipinski definition) is 11. The summed E-state index contributed by atoms with van der Waals surface area (Å²) < 4.78 is 38.8. The van der Waals surface area contributed by atoms with Crippen molar-refractivity contribution in [3.05, 3.63) is 93.1 Å². The van der Waals surface area contributed by atoms with E-state index in [-0.39, 0.29) is 27.8 Å². The zero-order chi connectivity index (χ0) is 30.5. The number of pyridine rings is 2. The number of nitrogens with two attached hydrogens (primary N) is 3. The van der Waals surface area contributed by atoms with Crippen LogP contribution >= 0.6 is 11.6 Å². The molecule has 5 aromatic rings. The van der Waals surface area contributed by atoms with E-state index in [1.165, 1.54) is 6.07 Å². The Bertz CT molecular complexity index is 1850. The molecule has 11 N–H and O–H groups in total. The highest BCUT2D eigenvalue weighted by Crippen LogP contribution is 2.32. The lowest BCUT2D eigenvalue weighted by Crippen LogP contribution is -2.02. The molecule has 7 rings (SSSR count). The number of aromatic amines is 1. The Hall–Kier alpha value is -4.95. The molecule has 0 spiro atoms. The van der Waals surface area contributed by atoms with Gasteiger partial charge in [-0.3, -0.25) is 16.8 Å². The molecular formula is C28H27ClF2N10O3. The van der Waals surface area contributed by atoms with Crippen molar-refractivity contribution < 1.29 is 23.7 Å². The lowest BCUT2D eigenvalue weighted by molar-refractivity contribution is 0.134. The van der Waals surface area contributed by atoms with Crippen LogP contribution in [0.25, 0.3) is 11.0 Å². The molecule has 0 saturated carbocycles. The van der Waals surface area contributed by atoms with Gasteiger partial charge in [-0.15, -0.1) is 0 Å². The molecule has 16 heteroatoms. The van der Waals surface area contributed by atoms with Crippen LogP contribution in [0.2, 0.25) is 5.15 Å². The van der Waals surface area contributed by atoms with E-state index in [1.807, 2.05) is 36.4 Å². The maximum absolute atomic E-state index is 14.2. The van der Waals surface area contributed by atoms with Crippen molar-refractivity contribution in [2.24, 2.45) is 11.7 Å². The van der Waals surface area contributed by atoms with Gasteiger partial charge in [-0.2, -0.15) is 10.4 Å². The highest BCUT2D eigenvalue weighted by Gasteiger charge is 2.19. The fraction of sp³-hybridized carbons (Fsp3) is 0.143. The molecule has 2 aliphatic heterocycles. The van der Waals surface area contributed by atoms with E-state index in [1.54, 1.807) is 6.07 Å². The largest absolute Gasteiger partial charge is 0.412 e. The Morgan fingerprint density at radius 3 is 1.98 bits per heavy atom. The Kier molecular flexibility index (Phi) is 10.2. The topological polar surface area (TPSA) is 230 Å². The van der Waals surface area contributed by atoms with Gasteiger partial charge in [0.15, 0.2) is 28.9 Å². The summed E-state index contributed by atoms with van der Waals surface area (Å²) in [6.07, 6.45) is 0. The predicted octanol–water partition coefficient (Wildman–Crippen LogP) is 3.97. The predicted molar refractivity (Wildman–Crippen MR) is 161 cm³/mol. The van der Waals surface area contributed by atoms with Crippen LogP contribution in [0.1, 0.15) is 27.8 Å². The number of fused-ring (bicyclic) bond motifs is 3. The van der Waals surface area contributed by atoms with Gasteiger partial charge in [0, 0.05) is 22.5 Å². The smallest absolute Gasteiger partial charge is 0.185 e. The molecule has 0 radical (unpaired) electrons. The normalized spacial score (nSPS) is 12.5. The minimum absolute atomic E-state index is 0. The number of nitrogen functional groups attached to an aromatic ring is 1. The molecule has 0 saturated heterocycles. The summed E-state index contributed by atoms with van der Waals surface area (Å²) in [5.74, 6) is 7.31. The number of anilines is 5. The molecule has 2 aromatic carbocycles. The second-order valence-electron chi connectivity index (χ2n) is 9.22. The van der Waals surface area contributed by atoms with Crippen LogP contribution in [0.15, 0.2) is 48.5 Å². The Balaban J connectivity index is 0.000000186. The van der Waals surface area contributed by atoms with E-state index < -0.39 is 11.6 Å². The van der Waals surface area contributed by atoms with E-state index in [4.69, 9.17) is 32.1 Å². The highest BCUT2D eigenvalue weighted by molar-refractivity contribution is 6.30. The van der Waals surface area contributed by atoms with E-state index in [0.29, 0.717) is 43.3 Å². The second kappa shape index (κ2) is 14.0. The third-order valence-electron chi connectivity index (χ3n) is 6.64. The van der Waals surface area contributed by atoms with Crippen molar-refractivity contribution >= 4 is 51.5 Å². The summed E-state index contributed by atoms with van der Waals surface area (Å²) in [5.41, 5.74) is 11.7. The summed E-state index contributed by atoms with van der Waals surface area (Å²) in [6.45, 7) is 2.12. The van der Waals surface area contributed by atoms with Crippen molar-refractivity contribution in [1.29, 1.82) is 5.26 Å². The molecule has 0 bridgehead atoms. The average molecular weight is 625 g/mol. The minimum Gasteiger partial charge on any atom is -0.412 e. The lowest BCUT2D eigenvalue weighted by atomic mass is 10.1. The fourth-order valence-electron chi connectivity index (χ4n) is 4.55. The molecule has 228 valence electrons. The van der Waals surface area contributed by atoms with Crippen molar-refractivity contribution in [3.63, 3.8) is 0 Å². The van der Waals surface area contributed by atoms with Crippen LogP contribution in [0.5, 0.6) is 0 Å². The van der Waals surface area contributed by atoms with Gasteiger partial charge < -0.3 is 31.3 Å². The number of aromatic nitrogens is 4. The molecular weight excluding hydrogens is 598 g/mol. The summed E-state index contributed by atoms with van der Waals surface area (Å²) in [6, 6.07) is 15.6. The second-order valence-corrected chi connectivity index (χ2v) is 9.58. The first-order valence-electron chi connectivity index (χ1n) is 12.7. The summed E-state index contributed by atoms with van der Waals surface area (Å²) >= 11 is 5.82. The number of rotatable bonds is 4. The number of nitriles is 1.